The van der Waals surface area contributed by atoms with Crippen LogP contribution in [0.15, 0.2) is 12.1 Å². The molecule has 0 spiro atoms. The third-order valence-corrected chi connectivity index (χ3v) is 3.93. The predicted octanol–water partition coefficient (Wildman–Crippen LogP) is 2.66. The lowest BCUT2D eigenvalue weighted by Gasteiger charge is -2.17. The van der Waals surface area contributed by atoms with Gasteiger partial charge in [0.2, 0.25) is 5.75 Å². The Hall–Kier alpha value is -2.44. The minimum absolute atomic E-state index is 0.170. The van der Waals surface area contributed by atoms with Crippen LogP contribution in [-0.4, -0.2) is 56.3 Å². The standard InChI is InChI=1S/C19H27NO6/c1-4-23-15-11-14(12-16(24-5-2)18(15)25-6-3)19(22)26-13-17(21)20-9-7-8-10-20/h11-12H,4-10,13H2,1-3H3. The van der Waals surface area contributed by atoms with Crippen molar-refractivity contribution in [3.05, 3.63) is 17.7 Å². The molecular weight excluding hydrogens is 338 g/mol. The monoisotopic (exact) mass is 365 g/mol. The topological polar surface area (TPSA) is 74.3 Å². The summed E-state index contributed by atoms with van der Waals surface area (Å²) >= 11 is 0. The molecule has 0 atom stereocenters. The minimum atomic E-state index is -0.595. The molecule has 7 nitrogen and oxygen atoms in total. The summed E-state index contributed by atoms with van der Waals surface area (Å²) in [6.07, 6.45) is 1.99. The van der Waals surface area contributed by atoms with Gasteiger partial charge in [0.15, 0.2) is 18.1 Å². The maximum Gasteiger partial charge on any atom is 0.338 e. The first-order valence-electron chi connectivity index (χ1n) is 9.12. The first-order chi connectivity index (χ1) is 12.6. The molecule has 7 heteroatoms. The van der Waals surface area contributed by atoms with E-state index in [1.807, 2.05) is 20.8 Å². The lowest BCUT2D eigenvalue weighted by molar-refractivity contribution is -0.133. The van der Waals surface area contributed by atoms with Crippen LogP contribution >= 0.6 is 0 Å². The number of rotatable bonds is 9. The molecule has 26 heavy (non-hydrogen) atoms. The van der Waals surface area contributed by atoms with Crippen LogP contribution in [0.5, 0.6) is 17.2 Å². The van der Waals surface area contributed by atoms with Gasteiger partial charge < -0.3 is 23.8 Å². The largest absolute Gasteiger partial charge is 0.490 e. The molecule has 2 rings (SSSR count). The molecule has 0 N–H and O–H groups in total. The highest BCUT2D eigenvalue weighted by atomic mass is 16.5. The zero-order valence-corrected chi connectivity index (χ0v) is 15.7. The van der Waals surface area contributed by atoms with Gasteiger partial charge in [0.05, 0.1) is 25.4 Å². The highest BCUT2D eigenvalue weighted by molar-refractivity contribution is 5.92. The van der Waals surface area contributed by atoms with Crippen molar-refractivity contribution in [3.63, 3.8) is 0 Å². The molecule has 1 aliphatic rings. The van der Waals surface area contributed by atoms with Gasteiger partial charge >= 0.3 is 5.97 Å². The van der Waals surface area contributed by atoms with Crippen molar-refractivity contribution < 1.29 is 28.5 Å². The maximum atomic E-state index is 12.4. The highest BCUT2D eigenvalue weighted by Crippen LogP contribution is 2.39. The van der Waals surface area contributed by atoms with E-state index in [1.165, 1.54) is 0 Å². The van der Waals surface area contributed by atoms with Crippen LogP contribution in [0.4, 0.5) is 0 Å². The van der Waals surface area contributed by atoms with Gasteiger partial charge in [-0.15, -0.1) is 0 Å². The molecule has 0 bridgehead atoms. The summed E-state index contributed by atoms with van der Waals surface area (Å²) in [5.41, 5.74) is 0.259. The minimum Gasteiger partial charge on any atom is -0.490 e. The van der Waals surface area contributed by atoms with Crippen molar-refractivity contribution in [2.45, 2.75) is 33.6 Å². The van der Waals surface area contributed by atoms with Gasteiger partial charge in [-0.05, 0) is 45.7 Å². The fraction of sp³-hybridized carbons (Fsp3) is 0.579. The van der Waals surface area contributed by atoms with Gasteiger partial charge in [0, 0.05) is 13.1 Å². The molecule has 1 aromatic carbocycles. The quantitative estimate of drug-likeness (QED) is 0.627. The molecular formula is C19H27NO6. The fourth-order valence-corrected chi connectivity index (χ4v) is 2.77. The van der Waals surface area contributed by atoms with Gasteiger partial charge in [-0.1, -0.05) is 0 Å². The average molecular weight is 365 g/mol. The molecule has 0 aromatic heterocycles. The molecule has 1 aromatic rings. The molecule has 1 heterocycles. The maximum absolute atomic E-state index is 12.4. The summed E-state index contributed by atoms with van der Waals surface area (Å²) in [7, 11) is 0. The van der Waals surface area contributed by atoms with E-state index in [2.05, 4.69) is 0 Å². The number of carbonyl (C=O) groups excluding carboxylic acids is 2. The second-order valence-electron chi connectivity index (χ2n) is 5.76. The number of carbonyl (C=O) groups is 2. The Bertz CT molecular complexity index is 597. The van der Waals surface area contributed by atoms with Crippen LogP contribution in [0.25, 0.3) is 0 Å². The lowest BCUT2D eigenvalue weighted by Crippen LogP contribution is -2.32. The van der Waals surface area contributed by atoms with Crippen LogP contribution in [0.2, 0.25) is 0 Å². The normalized spacial score (nSPS) is 13.4. The van der Waals surface area contributed by atoms with Crippen molar-refractivity contribution in [1.82, 2.24) is 4.90 Å². The van der Waals surface area contributed by atoms with E-state index in [4.69, 9.17) is 18.9 Å². The number of nitrogens with zero attached hydrogens (tertiary/aromatic N) is 1. The van der Waals surface area contributed by atoms with E-state index >= 15 is 0 Å². The Labute approximate surface area is 154 Å². The van der Waals surface area contributed by atoms with Gasteiger partial charge in [-0.3, -0.25) is 4.79 Å². The van der Waals surface area contributed by atoms with Crippen molar-refractivity contribution >= 4 is 11.9 Å². The highest BCUT2D eigenvalue weighted by Gasteiger charge is 2.22. The molecule has 0 unspecified atom stereocenters. The summed E-state index contributed by atoms with van der Waals surface area (Å²) < 4.78 is 22.0. The average Bonchev–Trinajstić information content (AvgIpc) is 3.17. The Morgan fingerprint density at radius 3 is 1.96 bits per heavy atom. The summed E-state index contributed by atoms with van der Waals surface area (Å²) in [6, 6.07) is 3.11. The van der Waals surface area contributed by atoms with E-state index in [1.54, 1.807) is 17.0 Å². The molecule has 144 valence electrons. The van der Waals surface area contributed by atoms with Crippen LogP contribution in [0.3, 0.4) is 0 Å². The summed E-state index contributed by atoms with van der Waals surface area (Å²) in [5, 5.41) is 0. The molecule has 1 amide bonds. The summed E-state index contributed by atoms with van der Waals surface area (Å²) in [5.74, 6) is 0.525. The van der Waals surface area contributed by atoms with Crippen molar-refractivity contribution in [2.24, 2.45) is 0 Å². The number of hydrogen-bond acceptors (Lipinski definition) is 6. The van der Waals surface area contributed by atoms with E-state index in [0.29, 0.717) is 37.1 Å². The van der Waals surface area contributed by atoms with Gasteiger partial charge in [0.1, 0.15) is 0 Å². The zero-order valence-electron chi connectivity index (χ0n) is 15.7. The van der Waals surface area contributed by atoms with Gasteiger partial charge in [0.25, 0.3) is 5.91 Å². The smallest absolute Gasteiger partial charge is 0.338 e. The molecule has 0 radical (unpaired) electrons. The second-order valence-corrected chi connectivity index (χ2v) is 5.76. The van der Waals surface area contributed by atoms with E-state index in [9.17, 15) is 9.59 Å². The third-order valence-electron chi connectivity index (χ3n) is 3.93. The number of ether oxygens (including phenoxy) is 4. The third kappa shape index (κ3) is 5.03. The molecule has 1 aliphatic heterocycles. The molecule has 0 aliphatic carbocycles. The number of hydrogen-bond donors (Lipinski definition) is 0. The molecule has 1 saturated heterocycles. The van der Waals surface area contributed by atoms with E-state index < -0.39 is 5.97 Å². The number of likely N-dealkylation sites (tertiary alicyclic amines) is 1. The van der Waals surface area contributed by atoms with Crippen molar-refractivity contribution in [3.8, 4) is 17.2 Å². The molecule has 1 fully saturated rings. The number of esters is 1. The van der Waals surface area contributed by atoms with Gasteiger partial charge in [-0.25, -0.2) is 4.79 Å². The Morgan fingerprint density at radius 2 is 1.46 bits per heavy atom. The number of amides is 1. The Morgan fingerprint density at radius 1 is 0.923 bits per heavy atom. The van der Waals surface area contributed by atoms with E-state index in [0.717, 1.165) is 25.9 Å². The summed E-state index contributed by atoms with van der Waals surface area (Å²) in [4.78, 5) is 26.2. The van der Waals surface area contributed by atoms with Crippen LogP contribution < -0.4 is 14.2 Å². The van der Waals surface area contributed by atoms with Crippen LogP contribution in [0, 0.1) is 0 Å². The Kier molecular flexibility index (Phi) is 7.56. The fourth-order valence-electron chi connectivity index (χ4n) is 2.77. The van der Waals surface area contributed by atoms with Crippen molar-refractivity contribution in [2.75, 3.05) is 39.5 Å². The number of benzene rings is 1. The van der Waals surface area contributed by atoms with Gasteiger partial charge in [-0.2, -0.15) is 0 Å². The Balaban J connectivity index is 2.15. The second kappa shape index (κ2) is 9.89. The lowest BCUT2D eigenvalue weighted by atomic mass is 10.2. The first-order valence-corrected chi connectivity index (χ1v) is 9.12. The zero-order chi connectivity index (χ0) is 18.9. The van der Waals surface area contributed by atoms with Crippen LogP contribution in [-0.2, 0) is 9.53 Å². The first kappa shape index (κ1) is 19.9. The SMILES string of the molecule is CCOc1cc(C(=O)OCC(=O)N2CCCC2)cc(OCC)c1OCC. The summed E-state index contributed by atoms with van der Waals surface area (Å²) in [6.45, 7) is 8.00. The predicted molar refractivity (Wildman–Crippen MR) is 96.0 cm³/mol. The van der Waals surface area contributed by atoms with E-state index in [-0.39, 0.29) is 18.1 Å². The van der Waals surface area contributed by atoms with Crippen LogP contribution in [0.1, 0.15) is 44.0 Å². The van der Waals surface area contributed by atoms with Crippen molar-refractivity contribution in [1.29, 1.82) is 0 Å². The molecule has 0 saturated carbocycles.